The zero-order valence-corrected chi connectivity index (χ0v) is 10.1. The summed E-state index contributed by atoms with van der Waals surface area (Å²) in [7, 11) is 0. The van der Waals surface area contributed by atoms with Crippen LogP contribution in [0.2, 0.25) is 0 Å². The van der Waals surface area contributed by atoms with Gasteiger partial charge in [-0.15, -0.1) is 0 Å². The second-order valence-corrected chi connectivity index (χ2v) is 4.06. The van der Waals surface area contributed by atoms with Gasteiger partial charge in [-0.05, 0) is 36.3 Å². The van der Waals surface area contributed by atoms with Crippen LogP contribution in [0.25, 0.3) is 6.08 Å². The molecule has 0 radical (unpaired) electrons. The van der Waals surface area contributed by atoms with Crippen molar-refractivity contribution >= 4 is 11.9 Å². The van der Waals surface area contributed by atoms with Crippen LogP contribution in [0.15, 0.2) is 54.6 Å². The fourth-order valence-corrected chi connectivity index (χ4v) is 1.69. The number of carbonyl (C=O) groups is 1. The van der Waals surface area contributed by atoms with Crippen LogP contribution in [-0.4, -0.2) is 5.78 Å². The van der Waals surface area contributed by atoms with E-state index in [0.717, 1.165) is 11.1 Å². The third-order valence-electron chi connectivity index (χ3n) is 2.70. The first-order valence-corrected chi connectivity index (χ1v) is 5.70. The van der Waals surface area contributed by atoms with Gasteiger partial charge in [0.2, 0.25) is 0 Å². The first-order valence-electron chi connectivity index (χ1n) is 5.70. The molecule has 0 fully saturated rings. The lowest BCUT2D eigenvalue weighted by Gasteiger charge is -2.00. The van der Waals surface area contributed by atoms with Crippen molar-refractivity contribution in [2.45, 2.75) is 6.92 Å². The summed E-state index contributed by atoms with van der Waals surface area (Å²) in [6, 6.07) is 13.6. The molecule has 0 bridgehead atoms. The van der Waals surface area contributed by atoms with Crippen molar-refractivity contribution < 1.29 is 9.18 Å². The van der Waals surface area contributed by atoms with Crippen LogP contribution in [0.3, 0.4) is 0 Å². The molecule has 90 valence electrons. The zero-order valence-electron chi connectivity index (χ0n) is 10.1. The molecule has 0 aliphatic carbocycles. The molecule has 0 spiro atoms. The largest absolute Gasteiger partial charge is 0.289 e. The van der Waals surface area contributed by atoms with Gasteiger partial charge < -0.3 is 0 Å². The molecule has 2 aromatic rings. The van der Waals surface area contributed by atoms with Gasteiger partial charge in [0, 0.05) is 5.56 Å². The molecule has 2 aromatic carbocycles. The van der Waals surface area contributed by atoms with E-state index in [1.165, 1.54) is 18.2 Å². The van der Waals surface area contributed by atoms with Gasteiger partial charge in [0.05, 0.1) is 0 Å². The van der Waals surface area contributed by atoms with E-state index >= 15 is 0 Å². The van der Waals surface area contributed by atoms with E-state index in [1.807, 2.05) is 25.1 Å². The van der Waals surface area contributed by atoms with Crippen LogP contribution < -0.4 is 0 Å². The summed E-state index contributed by atoms with van der Waals surface area (Å²) in [4.78, 5) is 11.8. The fourth-order valence-electron chi connectivity index (χ4n) is 1.69. The number of ketones is 1. The van der Waals surface area contributed by atoms with Gasteiger partial charge in [0.1, 0.15) is 5.82 Å². The summed E-state index contributed by atoms with van der Waals surface area (Å²) in [6.45, 7) is 1.82. The van der Waals surface area contributed by atoms with Crippen LogP contribution in [-0.2, 0) is 0 Å². The minimum atomic E-state index is -0.265. The highest BCUT2D eigenvalue weighted by Crippen LogP contribution is 2.12. The van der Waals surface area contributed by atoms with Crippen molar-refractivity contribution in [2.75, 3.05) is 0 Å². The van der Waals surface area contributed by atoms with E-state index in [9.17, 15) is 9.18 Å². The topological polar surface area (TPSA) is 17.1 Å². The molecule has 0 amide bonds. The van der Waals surface area contributed by atoms with Crippen molar-refractivity contribution in [1.29, 1.82) is 0 Å². The molecule has 1 nitrogen and oxygen atoms in total. The van der Waals surface area contributed by atoms with Gasteiger partial charge >= 0.3 is 0 Å². The maximum Gasteiger partial charge on any atom is 0.185 e. The maximum atomic E-state index is 12.9. The summed E-state index contributed by atoms with van der Waals surface area (Å²) in [5.41, 5.74) is 2.31. The van der Waals surface area contributed by atoms with Gasteiger partial charge in [0.25, 0.3) is 0 Å². The molecule has 0 aliphatic heterocycles. The summed E-state index contributed by atoms with van der Waals surface area (Å²) < 4.78 is 12.9. The lowest BCUT2D eigenvalue weighted by atomic mass is 10.1. The second-order valence-electron chi connectivity index (χ2n) is 4.06. The lowest BCUT2D eigenvalue weighted by molar-refractivity contribution is 0.104. The highest BCUT2D eigenvalue weighted by molar-refractivity contribution is 6.06. The fraction of sp³-hybridized carbons (Fsp3) is 0.0625. The minimum absolute atomic E-state index is 0.0562. The van der Waals surface area contributed by atoms with Crippen LogP contribution in [0.5, 0.6) is 0 Å². The summed E-state index contributed by atoms with van der Waals surface area (Å²) in [5, 5.41) is 0. The predicted molar refractivity (Wildman–Crippen MR) is 70.9 cm³/mol. The van der Waals surface area contributed by atoms with E-state index in [0.29, 0.717) is 5.56 Å². The van der Waals surface area contributed by atoms with Gasteiger partial charge in [-0.1, -0.05) is 42.5 Å². The van der Waals surface area contributed by atoms with E-state index in [4.69, 9.17) is 0 Å². The van der Waals surface area contributed by atoms with Crippen molar-refractivity contribution in [3.8, 4) is 0 Å². The number of rotatable bonds is 3. The molecule has 0 unspecified atom stereocenters. The Hall–Kier alpha value is -2.22. The van der Waals surface area contributed by atoms with E-state index < -0.39 is 0 Å². The minimum Gasteiger partial charge on any atom is -0.289 e. The Balaban J connectivity index is 2.19. The Kier molecular flexibility index (Phi) is 3.68. The number of hydrogen-bond donors (Lipinski definition) is 0. The molecular formula is C16H13FO. The number of aryl methyl sites for hydroxylation is 1. The monoisotopic (exact) mass is 240 g/mol. The van der Waals surface area contributed by atoms with Gasteiger partial charge in [0.15, 0.2) is 5.78 Å². The predicted octanol–water partition coefficient (Wildman–Crippen LogP) is 4.03. The third kappa shape index (κ3) is 2.92. The average molecular weight is 240 g/mol. The molecule has 0 saturated carbocycles. The van der Waals surface area contributed by atoms with Crippen molar-refractivity contribution in [1.82, 2.24) is 0 Å². The van der Waals surface area contributed by atoms with Gasteiger partial charge in [-0.25, -0.2) is 4.39 Å². The first kappa shape index (κ1) is 12.2. The molecule has 2 heteroatoms. The van der Waals surface area contributed by atoms with Crippen molar-refractivity contribution in [3.63, 3.8) is 0 Å². The normalized spacial score (nSPS) is 10.8. The Labute approximate surface area is 106 Å². The smallest absolute Gasteiger partial charge is 0.185 e. The Morgan fingerprint density at radius 3 is 2.50 bits per heavy atom. The van der Waals surface area contributed by atoms with Gasteiger partial charge in [-0.2, -0.15) is 0 Å². The number of hydrogen-bond acceptors (Lipinski definition) is 1. The van der Waals surface area contributed by atoms with Crippen LogP contribution >= 0.6 is 0 Å². The van der Waals surface area contributed by atoms with Crippen molar-refractivity contribution in [3.05, 3.63) is 77.1 Å². The average Bonchev–Trinajstić information content (AvgIpc) is 2.38. The van der Waals surface area contributed by atoms with Gasteiger partial charge in [-0.3, -0.25) is 4.79 Å². The zero-order chi connectivity index (χ0) is 13.0. The van der Waals surface area contributed by atoms with Crippen LogP contribution in [0.4, 0.5) is 4.39 Å². The SMILES string of the molecule is Cc1cc(F)ccc1/C=C/C(=O)c1ccccc1. The quantitative estimate of drug-likeness (QED) is 0.584. The van der Waals surface area contributed by atoms with Crippen molar-refractivity contribution in [2.24, 2.45) is 0 Å². The highest BCUT2D eigenvalue weighted by atomic mass is 19.1. The number of benzene rings is 2. The maximum absolute atomic E-state index is 12.9. The number of allylic oxidation sites excluding steroid dienone is 1. The van der Waals surface area contributed by atoms with E-state index in [2.05, 4.69) is 0 Å². The highest BCUT2D eigenvalue weighted by Gasteiger charge is 2.01. The standard InChI is InChI=1S/C16H13FO/c1-12-11-15(17)9-7-13(12)8-10-16(18)14-5-3-2-4-6-14/h2-11H,1H3/b10-8+. The Morgan fingerprint density at radius 1 is 1.11 bits per heavy atom. The number of carbonyl (C=O) groups excluding carboxylic acids is 1. The summed E-state index contributed by atoms with van der Waals surface area (Å²) >= 11 is 0. The molecular weight excluding hydrogens is 227 g/mol. The Bertz CT molecular complexity index is 585. The molecule has 2 rings (SSSR count). The van der Waals surface area contributed by atoms with E-state index in [1.54, 1.807) is 24.3 Å². The lowest BCUT2D eigenvalue weighted by Crippen LogP contribution is -1.93. The Morgan fingerprint density at radius 2 is 1.83 bits per heavy atom. The molecule has 18 heavy (non-hydrogen) atoms. The molecule has 0 aliphatic rings. The second kappa shape index (κ2) is 5.41. The molecule has 0 aromatic heterocycles. The molecule has 0 heterocycles. The summed E-state index contributed by atoms with van der Waals surface area (Å²) in [5.74, 6) is -0.321. The molecule has 0 saturated heterocycles. The third-order valence-corrected chi connectivity index (χ3v) is 2.70. The van der Waals surface area contributed by atoms with Crippen LogP contribution in [0.1, 0.15) is 21.5 Å². The van der Waals surface area contributed by atoms with Crippen LogP contribution in [0, 0.1) is 12.7 Å². The molecule has 0 N–H and O–H groups in total. The number of halogens is 1. The first-order chi connectivity index (χ1) is 8.66. The summed E-state index contributed by atoms with van der Waals surface area (Å²) in [6.07, 6.45) is 3.22. The molecule has 0 atom stereocenters. The van der Waals surface area contributed by atoms with E-state index in [-0.39, 0.29) is 11.6 Å².